The first kappa shape index (κ1) is 22.2. The van der Waals surface area contributed by atoms with Crippen LogP contribution in [0.25, 0.3) is 10.6 Å². The molecule has 1 aliphatic rings. The molecular weight excluding hydrogens is 377 g/mol. The van der Waals surface area contributed by atoms with E-state index in [1.54, 1.807) is 18.4 Å². The molecule has 1 fully saturated rings. The van der Waals surface area contributed by atoms with E-state index in [4.69, 9.17) is 15.5 Å². The molecule has 3 rings (SSSR count). The Labute approximate surface area is 166 Å². The van der Waals surface area contributed by atoms with E-state index in [0.717, 1.165) is 48.1 Å². The van der Waals surface area contributed by atoms with Gasteiger partial charge >= 0.3 is 0 Å². The highest BCUT2D eigenvalue weighted by atomic mass is 35.5. The number of aromatic nitrogens is 1. The predicted molar refractivity (Wildman–Crippen MR) is 110 cm³/mol. The molecule has 1 unspecified atom stereocenters. The van der Waals surface area contributed by atoms with Crippen LogP contribution in [0.5, 0.6) is 5.75 Å². The molecule has 4 nitrogen and oxygen atoms in total. The van der Waals surface area contributed by atoms with Gasteiger partial charge in [0.25, 0.3) is 0 Å². The average Bonchev–Trinajstić information content (AvgIpc) is 2.99. The van der Waals surface area contributed by atoms with E-state index >= 15 is 0 Å². The normalized spacial score (nSPS) is 19.6. The Hall–Kier alpha value is -0.850. The summed E-state index contributed by atoms with van der Waals surface area (Å²) in [7, 11) is 1.70. The molecule has 7 heteroatoms. The molecule has 0 bridgehead atoms. The first-order chi connectivity index (χ1) is 11.0. The molecule has 0 aliphatic carbocycles. The van der Waals surface area contributed by atoms with Crippen LogP contribution in [0.15, 0.2) is 29.6 Å². The summed E-state index contributed by atoms with van der Waals surface area (Å²) in [6.45, 7) is 7.47. The molecule has 140 valence electrons. The van der Waals surface area contributed by atoms with Crippen LogP contribution >= 0.6 is 36.2 Å². The maximum atomic E-state index is 6.23. The van der Waals surface area contributed by atoms with Gasteiger partial charge < -0.3 is 10.5 Å². The zero-order valence-electron chi connectivity index (χ0n) is 14.9. The number of benzene rings is 1. The molecule has 1 saturated heterocycles. The highest BCUT2D eigenvalue weighted by Gasteiger charge is 2.33. The Balaban J connectivity index is 0.00000156. The topological polar surface area (TPSA) is 51.4 Å². The molecule has 0 radical (unpaired) electrons. The second-order valence-corrected chi connectivity index (χ2v) is 7.80. The zero-order chi connectivity index (χ0) is 16.4. The van der Waals surface area contributed by atoms with Crippen molar-refractivity contribution in [1.29, 1.82) is 0 Å². The smallest absolute Gasteiger partial charge is 0.129 e. The van der Waals surface area contributed by atoms with Crippen molar-refractivity contribution in [3.8, 4) is 16.3 Å². The van der Waals surface area contributed by atoms with E-state index < -0.39 is 0 Å². The second-order valence-electron chi connectivity index (χ2n) is 6.94. The van der Waals surface area contributed by atoms with Crippen LogP contribution in [0, 0.1) is 5.41 Å². The Morgan fingerprint density at radius 1 is 1.32 bits per heavy atom. The van der Waals surface area contributed by atoms with Gasteiger partial charge in [-0.1, -0.05) is 26.0 Å². The van der Waals surface area contributed by atoms with Gasteiger partial charge in [0.2, 0.25) is 0 Å². The molecule has 25 heavy (non-hydrogen) atoms. The van der Waals surface area contributed by atoms with Crippen LogP contribution in [0.4, 0.5) is 0 Å². The van der Waals surface area contributed by atoms with Crippen molar-refractivity contribution in [1.82, 2.24) is 9.88 Å². The van der Waals surface area contributed by atoms with Crippen molar-refractivity contribution in [2.75, 3.05) is 20.2 Å². The van der Waals surface area contributed by atoms with Crippen molar-refractivity contribution in [3.05, 3.63) is 35.3 Å². The number of likely N-dealkylation sites (tertiary alicyclic amines) is 1. The molecule has 1 aromatic heterocycles. The van der Waals surface area contributed by atoms with Crippen LogP contribution in [0.2, 0.25) is 0 Å². The van der Waals surface area contributed by atoms with Gasteiger partial charge in [-0.2, -0.15) is 0 Å². The molecule has 1 aliphatic heterocycles. The van der Waals surface area contributed by atoms with E-state index in [1.807, 2.05) is 18.2 Å². The Morgan fingerprint density at radius 2 is 2.04 bits per heavy atom. The van der Waals surface area contributed by atoms with Crippen molar-refractivity contribution < 1.29 is 4.74 Å². The van der Waals surface area contributed by atoms with E-state index in [0.29, 0.717) is 6.04 Å². The van der Waals surface area contributed by atoms with Gasteiger partial charge in [-0.3, -0.25) is 4.90 Å². The standard InChI is InChI=1S/C18H25N3OS.2ClH/c1-18(2)12-21(9-8-16(18)19)10-13-11-23-17(20-13)14-6-4-5-7-15(14)22-3;;/h4-7,11,16H,8-10,12,19H2,1-3H3;2*1H. The summed E-state index contributed by atoms with van der Waals surface area (Å²) in [5, 5.41) is 3.17. The molecule has 2 N–H and O–H groups in total. The first-order valence-corrected chi connectivity index (χ1v) is 8.93. The highest BCUT2D eigenvalue weighted by Crippen LogP contribution is 2.33. The number of rotatable bonds is 4. The lowest BCUT2D eigenvalue weighted by Gasteiger charge is -2.42. The number of thiazole rings is 1. The van der Waals surface area contributed by atoms with Gasteiger partial charge in [0.1, 0.15) is 10.8 Å². The predicted octanol–water partition coefficient (Wildman–Crippen LogP) is 4.22. The van der Waals surface area contributed by atoms with Crippen molar-refractivity contribution in [2.24, 2.45) is 11.1 Å². The lowest BCUT2D eigenvalue weighted by Crippen LogP contribution is -2.52. The van der Waals surface area contributed by atoms with Crippen LogP contribution in [0.3, 0.4) is 0 Å². The average molecular weight is 404 g/mol. The number of halogens is 2. The number of hydrogen-bond donors (Lipinski definition) is 1. The Kier molecular flexibility index (Phi) is 8.16. The van der Waals surface area contributed by atoms with Crippen LogP contribution in [0.1, 0.15) is 26.0 Å². The largest absolute Gasteiger partial charge is 0.496 e. The maximum Gasteiger partial charge on any atom is 0.129 e. The molecule has 1 atom stereocenters. The van der Waals surface area contributed by atoms with Crippen molar-refractivity contribution in [2.45, 2.75) is 32.9 Å². The molecule has 0 amide bonds. The van der Waals surface area contributed by atoms with Crippen molar-refractivity contribution >= 4 is 36.2 Å². The first-order valence-electron chi connectivity index (χ1n) is 8.05. The number of hydrogen-bond acceptors (Lipinski definition) is 5. The second kappa shape index (κ2) is 9.19. The van der Waals surface area contributed by atoms with E-state index in [1.165, 1.54) is 0 Å². The third kappa shape index (κ3) is 5.08. The quantitative estimate of drug-likeness (QED) is 0.829. The summed E-state index contributed by atoms with van der Waals surface area (Å²) in [5.41, 5.74) is 8.58. The summed E-state index contributed by atoms with van der Waals surface area (Å²) < 4.78 is 5.44. The number of para-hydroxylation sites is 1. The third-order valence-electron chi connectivity index (χ3n) is 4.67. The fraction of sp³-hybridized carbons (Fsp3) is 0.500. The minimum absolute atomic E-state index is 0. The summed E-state index contributed by atoms with van der Waals surface area (Å²) in [6.07, 6.45) is 1.05. The van der Waals surface area contributed by atoms with Gasteiger partial charge in [-0.05, 0) is 24.0 Å². The zero-order valence-corrected chi connectivity index (χ0v) is 17.3. The van der Waals surface area contributed by atoms with E-state index in [-0.39, 0.29) is 30.2 Å². The molecular formula is C18H27Cl2N3OS. The molecule has 2 heterocycles. The molecule has 1 aromatic carbocycles. The number of nitrogens with zero attached hydrogens (tertiary/aromatic N) is 2. The van der Waals surface area contributed by atoms with Crippen LogP contribution in [-0.4, -0.2) is 36.1 Å². The summed E-state index contributed by atoms with van der Waals surface area (Å²) >= 11 is 1.68. The fourth-order valence-electron chi connectivity index (χ4n) is 3.17. The van der Waals surface area contributed by atoms with E-state index in [2.05, 4.69) is 30.2 Å². The summed E-state index contributed by atoms with van der Waals surface area (Å²) in [6, 6.07) is 8.33. The summed E-state index contributed by atoms with van der Waals surface area (Å²) in [5.74, 6) is 0.874. The fourth-order valence-corrected chi connectivity index (χ4v) is 4.01. The monoisotopic (exact) mass is 403 g/mol. The van der Waals surface area contributed by atoms with Gasteiger partial charge in [-0.15, -0.1) is 36.2 Å². The number of ether oxygens (including phenoxy) is 1. The van der Waals surface area contributed by atoms with Crippen LogP contribution in [-0.2, 0) is 6.54 Å². The van der Waals surface area contributed by atoms with Gasteiger partial charge in [0.15, 0.2) is 0 Å². The SMILES string of the molecule is COc1ccccc1-c1nc(CN2CCC(N)C(C)(C)C2)cs1.Cl.Cl. The Morgan fingerprint density at radius 3 is 2.72 bits per heavy atom. The van der Waals surface area contributed by atoms with E-state index in [9.17, 15) is 0 Å². The molecule has 0 spiro atoms. The minimum Gasteiger partial charge on any atom is -0.496 e. The van der Waals surface area contributed by atoms with Crippen molar-refractivity contribution in [3.63, 3.8) is 0 Å². The lowest BCUT2D eigenvalue weighted by atomic mass is 9.80. The minimum atomic E-state index is 0. The van der Waals surface area contributed by atoms with Crippen LogP contribution < -0.4 is 10.5 Å². The molecule has 0 saturated carbocycles. The lowest BCUT2D eigenvalue weighted by molar-refractivity contribution is 0.0891. The summed E-state index contributed by atoms with van der Waals surface area (Å²) in [4.78, 5) is 7.28. The third-order valence-corrected chi connectivity index (χ3v) is 5.59. The molecule has 2 aromatic rings. The Bertz CT molecular complexity index is 678. The number of piperidine rings is 1. The highest BCUT2D eigenvalue weighted by molar-refractivity contribution is 7.13. The number of methoxy groups -OCH3 is 1. The van der Waals surface area contributed by atoms with Gasteiger partial charge in [-0.25, -0.2) is 4.98 Å². The number of nitrogens with two attached hydrogens (primary N) is 1. The van der Waals surface area contributed by atoms with Gasteiger partial charge in [0.05, 0.1) is 18.4 Å². The van der Waals surface area contributed by atoms with Gasteiger partial charge in [0, 0.05) is 31.1 Å². The maximum absolute atomic E-state index is 6.23.